The number of nitrogens with zero attached hydrogens (tertiary/aromatic N) is 2. The van der Waals surface area contributed by atoms with E-state index in [4.69, 9.17) is 5.26 Å². The van der Waals surface area contributed by atoms with E-state index in [0.717, 1.165) is 16.7 Å². The summed E-state index contributed by atoms with van der Waals surface area (Å²) in [6.45, 7) is 2.03. The SMILES string of the molecule is Cc1ccccc1C(CC(=O)c1ccc(=O)n(C)c1)c1ccc(C#N)cc1. The normalized spacial score (nSPS) is 11.6. The van der Waals surface area contributed by atoms with Crippen molar-refractivity contribution in [3.8, 4) is 6.07 Å². The molecule has 2 aromatic carbocycles. The summed E-state index contributed by atoms with van der Waals surface area (Å²) in [6, 6.07) is 20.5. The van der Waals surface area contributed by atoms with Crippen molar-refractivity contribution in [2.75, 3.05) is 0 Å². The quantitative estimate of drug-likeness (QED) is 0.650. The molecule has 0 N–H and O–H groups in total. The monoisotopic (exact) mass is 356 g/mol. The van der Waals surface area contributed by atoms with Crippen molar-refractivity contribution in [3.63, 3.8) is 0 Å². The van der Waals surface area contributed by atoms with Gasteiger partial charge >= 0.3 is 0 Å². The van der Waals surface area contributed by atoms with Crippen LogP contribution in [0.5, 0.6) is 0 Å². The largest absolute Gasteiger partial charge is 0.318 e. The Bertz CT molecular complexity index is 1070. The molecule has 1 heterocycles. The van der Waals surface area contributed by atoms with Gasteiger partial charge in [-0.05, 0) is 41.8 Å². The highest BCUT2D eigenvalue weighted by Crippen LogP contribution is 2.31. The Morgan fingerprint density at radius 2 is 1.78 bits per heavy atom. The van der Waals surface area contributed by atoms with Crippen LogP contribution >= 0.6 is 0 Å². The number of pyridine rings is 1. The predicted molar refractivity (Wildman–Crippen MR) is 105 cm³/mol. The van der Waals surface area contributed by atoms with Crippen LogP contribution in [0.2, 0.25) is 0 Å². The fourth-order valence-electron chi connectivity index (χ4n) is 3.24. The second-order valence-corrected chi connectivity index (χ2v) is 6.64. The first-order valence-corrected chi connectivity index (χ1v) is 8.75. The highest BCUT2D eigenvalue weighted by Gasteiger charge is 2.21. The second-order valence-electron chi connectivity index (χ2n) is 6.64. The Kier molecular flexibility index (Phi) is 5.33. The lowest BCUT2D eigenvalue weighted by Gasteiger charge is -2.20. The lowest BCUT2D eigenvalue weighted by Crippen LogP contribution is -2.17. The number of nitriles is 1. The van der Waals surface area contributed by atoms with E-state index in [1.54, 1.807) is 31.4 Å². The minimum Gasteiger partial charge on any atom is -0.318 e. The molecule has 134 valence electrons. The van der Waals surface area contributed by atoms with E-state index >= 15 is 0 Å². The molecule has 0 radical (unpaired) electrons. The number of benzene rings is 2. The van der Waals surface area contributed by atoms with Gasteiger partial charge in [0, 0.05) is 37.2 Å². The Morgan fingerprint density at radius 1 is 1.07 bits per heavy atom. The fraction of sp³-hybridized carbons (Fsp3) is 0.174. The van der Waals surface area contributed by atoms with Crippen LogP contribution in [0.1, 0.15) is 45.0 Å². The van der Waals surface area contributed by atoms with E-state index in [0.29, 0.717) is 11.1 Å². The van der Waals surface area contributed by atoms with Gasteiger partial charge in [0.1, 0.15) is 0 Å². The van der Waals surface area contributed by atoms with Gasteiger partial charge in [-0.25, -0.2) is 0 Å². The van der Waals surface area contributed by atoms with E-state index in [1.807, 2.05) is 43.3 Å². The molecule has 1 aromatic heterocycles. The average Bonchev–Trinajstić information content (AvgIpc) is 2.69. The second kappa shape index (κ2) is 7.84. The fourth-order valence-corrected chi connectivity index (χ4v) is 3.24. The molecular weight excluding hydrogens is 336 g/mol. The maximum Gasteiger partial charge on any atom is 0.250 e. The molecule has 3 rings (SSSR count). The van der Waals surface area contributed by atoms with Gasteiger partial charge in [-0.3, -0.25) is 9.59 Å². The lowest BCUT2D eigenvalue weighted by atomic mass is 9.83. The summed E-state index contributed by atoms with van der Waals surface area (Å²) < 4.78 is 1.41. The van der Waals surface area contributed by atoms with E-state index in [9.17, 15) is 9.59 Å². The molecule has 0 saturated carbocycles. The Hall–Kier alpha value is -3.45. The number of carbonyl (C=O) groups excluding carboxylic acids is 1. The molecule has 0 saturated heterocycles. The first kappa shape index (κ1) is 18.3. The average molecular weight is 356 g/mol. The number of ketones is 1. The number of aromatic nitrogens is 1. The van der Waals surface area contributed by atoms with E-state index < -0.39 is 0 Å². The van der Waals surface area contributed by atoms with Crippen LogP contribution in [0.15, 0.2) is 71.7 Å². The van der Waals surface area contributed by atoms with Crippen molar-refractivity contribution >= 4 is 5.78 Å². The molecule has 1 unspecified atom stereocenters. The van der Waals surface area contributed by atoms with Crippen LogP contribution in [0.3, 0.4) is 0 Å². The zero-order chi connectivity index (χ0) is 19.4. The number of hydrogen-bond donors (Lipinski definition) is 0. The highest BCUT2D eigenvalue weighted by atomic mass is 16.1. The van der Waals surface area contributed by atoms with Gasteiger partial charge < -0.3 is 4.57 Å². The molecule has 1 atom stereocenters. The van der Waals surface area contributed by atoms with Crippen molar-refractivity contribution in [1.29, 1.82) is 5.26 Å². The first-order chi connectivity index (χ1) is 13.0. The zero-order valence-electron chi connectivity index (χ0n) is 15.3. The van der Waals surface area contributed by atoms with Gasteiger partial charge in [-0.1, -0.05) is 36.4 Å². The summed E-state index contributed by atoms with van der Waals surface area (Å²) in [5.41, 5.74) is 4.15. The molecule has 0 amide bonds. The summed E-state index contributed by atoms with van der Waals surface area (Å²) in [5, 5.41) is 9.04. The van der Waals surface area contributed by atoms with Crippen molar-refractivity contribution in [2.24, 2.45) is 7.05 Å². The number of hydrogen-bond acceptors (Lipinski definition) is 3. The summed E-state index contributed by atoms with van der Waals surface area (Å²) in [4.78, 5) is 24.5. The molecule has 0 aliphatic rings. The summed E-state index contributed by atoms with van der Waals surface area (Å²) in [7, 11) is 1.64. The van der Waals surface area contributed by atoms with Crippen LogP contribution in [0.4, 0.5) is 0 Å². The molecule has 4 heteroatoms. The van der Waals surface area contributed by atoms with E-state index in [-0.39, 0.29) is 23.7 Å². The number of Topliss-reactive ketones (excluding diaryl/α,β-unsaturated/α-hetero) is 1. The topological polar surface area (TPSA) is 62.9 Å². The van der Waals surface area contributed by atoms with Gasteiger partial charge in [-0.2, -0.15) is 5.26 Å². The molecule has 27 heavy (non-hydrogen) atoms. The standard InChI is InChI=1S/C23H20N2O2/c1-16-5-3-4-6-20(16)21(18-9-7-17(14-24)8-10-18)13-22(26)19-11-12-23(27)25(2)15-19/h3-12,15,21H,13H2,1-2H3. The van der Waals surface area contributed by atoms with Gasteiger partial charge in [-0.15, -0.1) is 0 Å². The Balaban J connectivity index is 2.00. The molecule has 0 fully saturated rings. The predicted octanol–water partition coefficient (Wildman–Crippen LogP) is 3.97. The third-order valence-corrected chi connectivity index (χ3v) is 4.80. The minimum absolute atomic E-state index is 0.0248. The number of rotatable bonds is 5. The summed E-state index contributed by atoms with van der Waals surface area (Å²) >= 11 is 0. The van der Waals surface area contributed by atoms with Crippen LogP contribution in [0, 0.1) is 18.3 Å². The van der Waals surface area contributed by atoms with Crippen LogP contribution in [-0.2, 0) is 7.05 Å². The smallest absolute Gasteiger partial charge is 0.250 e. The molecule has 3 aromatic rings. The Labute approximate surface area is 158 Å². The van der Waals surface area contributed by atoms with Crippen LogP contribution in [0.25, 0.3) is 0 Å². The number of aryl methyl sites for hydroxylation is 2. The van der Waals surface area contributed by atoms with E-state index in [1.165, 1.54) is 10.6 Å². The zero-order valence-corrected chi connectivity index (χ0v) is 15.3. The van der Waals surface area contributed by atoms with Crippen molar-refractivity contribution in [1.82, 2.24) is 4.57 Å². The van der Waals surface area contributed by atoms with Gasteiger partial charge in [0.05, 0.1) is 11.6 Å². The highest BCUT2D eigenvalue weighted by molar-refractivity contribution is 5.96. The molecule has 4 nitrogen and oxygen atoms in total. The molecule has 0 bridgehead atoms. The third-order valence-electron chi connectivity index (χ3n) is 4.80. The number of carbonyl (C=O) groups is 1. The van der Waals surface area contributed by atoms with Crippen LogP contribution < -0.4 is 5.56 Å². The molecule has 0 spiro atoms. The third kappa shape index (κ3) is 4.04. The van der Waals surface area contributed by atoms with Gasteiger partial charge in [0.2, 0.25) is 5.56 Å². The molecular formula is C23H20N2O2. The molecule has 0 aliphatic heterocycles. The lowest BCUT2D eigenvalue weighted by molar-refractivity contribution is 0.0977. The summed E-state index contributed by atoms with van der Waals surface area (Å²) in [6.07, 6.45) is 1.87. The Morgan fingerprint density at radius 3 is 2.41 bits per heavy atom. The molecule has 0 aliphatic carbocycles. The van der Waals surface area contributed by atoms with Crippen LogP contribution in [-0.4, -0.2) is 10.4 Å². The van der Waals surface area contributed by atoms with Gasteiger partial charge in [0.25, 0.3) is 0 Å². The first-order valence-electron chi connectivity index (χ1n) is 8.75. The van der Waals surface area contributed by atoms with Crippen molar-refractivity contribution in [2.45, 2.75) is 19.3 Å². The summed E-state index contributed by atoms with van der Waals surface area (Å²) in [5.74, 6) is -0.146. The maximum absolute atomic E-state index is 12.9. The maximum atomic E-state index is 12.9. The van der Waals surface area contributed by atoms with Crippen molar-refractivity contribution in [3.05, 3.63) is 105 Å². The minimum atomic E-state index is -0.144. The van der Waals surface area contributed by atoms with Crippen molar-refractivity contribution < 1.29 is 4.79 Å². The van der Waals surface area contributed by atoms with Gasteiger partial charge in [0.15, 0.2) is 5.78 Å². The van der Waals surface area contributed by atoms with E-state index in [2.05, 4.69) is 6.07 Å².